The van der Waals surface area contributed by atoms with Gasteiger partial charge in [-0.3, -0.25) is 0 Å². The molecule has 0 radical (unpaired) electrons. The Hall–Kier alpha value is -0.340. The van der Waals surface area contributed by atoms with Crippen LogP contribution in [0.15, 0.2) is 28.7 Å². The summed E-state index contributed by atoms with van der Waals surface area (Å²) < 4.78 is 1.15. The van der Waals surface area contributed by atoms with E-state index in [0.29, 0.717) is 12.1 Å². The predicted octanol–water partition coefficient (Wildman–Crippen LogP) is 4.92. The minimum atomic E-state index is 0.441. The predicted molar refractivity (Wildman–Crippen MR) is 81.7 cm³/mol. The van der Waals surface area contributed by atoms with Crippen molar-refractivity contribution in [1.82, 2.24) is 5.32 Å². The zero-order valence-corrected chi connectivity index (χ0v) is 13.2. The largest absolute Gasteiger partial charge is 0.307 e. The lowest BCUT2D eigenvalue weighted by Gasteiger charge is -2.35. The molecule has 100 valence electrons. The zero-order chi connectivity index (χ0) is 13.1. The summed E-state index contributed by atoms with van der Waals surface area (Å²) in [5, 5.41) is 3.82. The van der Waals surface area contributed by atoms with Gasteiger partial charge in [0.2, 0.25) is 0 Å². The van der Waals surface area contributed by atoms with Gasteiger partial charge in [0.1, 0.15) is 0 Å². The highest BCUT2D eigenvalue weighted by molar-refractivity contribution is 9.10. The summed E-state index contributed by atoms with van der Waals surface area (Å²) in [4.78, 5) is 0. The monoisotopic (exact) mass is 309 g/mol. The quantitative estimate of drug-likeness (QED) is 0.835. The van der Waals surface area contributed by atoms with Crippen LogP contribution in [0.3, 0.4) is 0 Å². The second kappa shape index (κ2) is 6.21. The second-order valence-electron chi connectivity index (χ2n) is 5.94. The van der Waals surface area contributed by atoms with Gasteiger partial charge in [-0.1, -0.05) is 48.3 Å². The third kappa shape index (κ3) is 3.58. The summed E-state index contributed by atoms with van der Waals surface area (Å²) in [6.45, 7) is 7.04. The van der Waals surface area contributed by atoms with Crippen molar-refractivity contribution < 1.29 is 0 Å². The van der Waals surface area contributed by atoms with E-state index >= 15 is 0 Å². The van der Waals surface area contributed by atoms with Crippen molar-refractivity contribution in [2.45, 2.75) is 52.1 Å². The fraction of sp³-hybridized carbons (Fsp3) is 0.625. The van der Waals surface area contributed by atoms with Crippen LogP contribution in [0.1, 0.15) is 51.6 Å². The van der Waals surface area contributed by atoms with E-state index in [-0.39, 0.29) is 0 Å². The molecule has 0 aromatic heterocycles. The molecule has 1 aliphatic carbocycles. The van der Waals surface area contributed by atoms with Crippen LogP contribution in [0.4, 0.5) is 0 Å². The molecule has 2 heteroatoms. The third-order valence-corrected chi connectivity index (χ3v) is 4.82. The van der Waals surface area contributed by atoms with E-state index in [9.17, 15) is 0 Å². The number of hydrogen-bond donors (Lipinski definition) is 1. The van der Waals surface area contributed by atoms with Crippen molar-refractivity contribution in [2.24, 2.45) is 11.8 Å². The fourth-order valence-corrected chi connectivity index (χ4v) is 3.20. The van der Waals surface area contributed by atoms with Crippen molar-refractivity contribution in [1.29, 1.82) is 0 Å². The van der Waals surface area contributed by atoms with Crippen LogP contribution in [0, 0.1) is 11.8 Å². The van der Waals surface area contributed by atoms with Crippen molar-refractivity contribution in [2.75, 3.05) is 0 Å². The first kappa shape index (κ1) is 14.1. The Morgan fingerprint density at radius 3 is 2.50 bits per heavy atom. The molecule has 1 nitrogen and oxygen atoms in total. The topological polar surface area (TPSA) is 12.0 Å². The Kier molecular flexibility index (Phi) is 4.85. The average molecular weight is 310 g/mol. The van der Waals surface area contributed by atoms with Crippen molar-refractivity contribution in [3.05, 3.63) is 34.3 Å². The van der Waals surface area contributed by atoms with Gasteiger partial charge in [-0.2, -0.15) is 0 Å². The van der Waals surface area contributed by atoms with Gasteiger partial charge in [-0.25, -0.2) is 0 Å². The summed E-state index contributed by atoms with van der Waals surface area (Å²) in [6, 6.07) is 9.78. The third-order valence-electron chi connectivity index (χ3n) is 4.29. The van der Waals surface area contributed by atoms with E-state index in [1.807, 2.05) is 0 Å². The van der Waals surface area contributed by atoms with Gasteiger partial charge in [0.15, 0.2) is 0 Å². The summed E-state index contributed by atoms with van der Waals surface area (Å²) in [5.41, 5.74) is 1.38. The summed E-state index contributed by atoms with van der Waals surface area (Å²) in [5.74, 6) is 1.68. The van der Waals surface area contributed by atoms with Crippen LogP contribution < -0.4 is 5.32 Å². The van der Waals surface area contributed by atoms with Gasteiger partial charge in [0, 0.05) is 16.6 Å². The van der Waals surface area contributed by atoms with E-state index < -0.39 is 0 Å². The van der Waals surface area contributed by atoms with E-state index in [0.717, 1.165) is 16.3 Å². The molecular formula is C16H24BrN. The van der Waals surface area contributed by atoms with Gasteiger partial charge in [-0.15, -0.1) is 0 Å². The normalized spacial score (nSPS) is 30.1. The molecule has 1 fully saturated rings. The highest BCUT2D eigenvalue weighted by atomic mass is 79.9. The SMILES string of the molecule is CC1CCC(C)C(NC(C)c2ccc(Br)cc2)C1. The Morgan fingerprint density at radius 1 is 1.17 bits per heavy atom. The van der Waals surface area contributed by atoms with E-state index in [1.54, 1.807) is 0 Å². The maximum Gasteiger partial charge on any atom is 0.0294 e. The molecule has 0 heterocycles. The molecule has 0 saturated heterocycles. The molecule has 4 unspecified atom stereocenters. The van der Waals surface area contributed by atoms with Gasteiger partial charge in [-0.05, 0) is 49.3 Å². The molecule has 1 saturated carbocycles. The number of rotatable bonds is 3. The van der Waals surface area contributed by atoms with Crippen molar-refractivity contribution in [3.63, 3.8) is 0 Å². The first-order chi connectivity index (χ1) is 8.56. The standard InChI is InChI=1S/C16H24BrN/c1-11-4-5-12(2)16(10-11)18-13(3)14-6-8-15(17)9-7-14/h6-9,11-13,16,18H,4-5,10H2,1-3H3. The average Bonchev–Trinajstić information content (AvgIpc) is 2.34. The fourth-order valence-electron chi connectivity index (χ4n) is 2.93. The minimum absolute atomic E-state index is 0.441. The molecule has 0 amide bonds. The number of nitrogens with one attached hydrogen (secondary N) is 1. The lowest BCUT2D eigenvalue weighted by atomic mass is 9.79. The van der Waals surface area contributed by atoms with E-state index in [1.165, 1.54) is 24.8 Å². The van der Waals surface area contributed by atoms with Crippen LogP contribution in [-0.4, -0.2) is 6.04 Å². The maximum absolute atomic E-state index is 3.82. The highest BCUT2D eigenvalue weighted by Gasteiger charge is 2.26. The van der Waals surface area contributed by atoms with Gasteiger partial charge in [0.05, 0.1) is 0 Å². The Labute approximate surface area is 119 Å². The van der Waals surface area contributed by atoms with Crippen LogP contribution in [0.2, 0.25) is 0 Å². The van der Waals surface area contributed by atoms with Crippen LogP contribution in [-0.2, 0) is 0 Å². The second-order valence-corrected chi connectivity index (χ2v) is 6.86. The van der Waals surface area contributed by atoms with Gasteiger partial charge >= 0.3 is 0 Å². The summed E-state index contributed by atoms with van der Waals surface area (Å²) in [7, 11) is 0. The minimum Gasteiger partial charge on any atom is -0.307 e. The van der Waals surface area contributed by atoms with E-state index in [4.69, 9.17) is 0 Å². The Bertz CT molecular complexity index is 373. The molecule has 0 aliphatic heterocycles. The molecule has 1 aliphatic rings. The molecule has 2 rings (SSSR count). The highest BCUT2D eigenvalue weighted by Crippen LogP contribution is 2.30. The molecule has 18 heavy (non-hydrogen) atoms. The van der Waals surface area contributed by atoms with Crippen molar-refractivity contribution in [3.8, 4) is 0 Å². The molecule has 0 bridgehead atoms. The zero-order valence-electron chi connectivity index (χ0n) is 11.6. The smallest absolute Gasteiger partial charge is 0.0294 e. The maximum atomic E-state index is 3.82. The van der Waals surface area contributed by atoms with Crippen LogP contribution in [0.5, 0.6) is 0 Å². The molecule has 4 atom stereocenters. The first-order valence-electron chi connectivity index (χ1n) is 7.07. The van der Waals surface area contributed by atoms with Gasteiger partial charge in [0.25, 0.3) is 0 Å². The number of hydrogen-bond acceptors (Lipinski definition) is 1. The number of benzene rings is 1. The van der Waals surface area contributed by atoms with E-state index in [2.05, 4.69) is 66.3 Å². The van der Waals surface area contributed by atoms with Crippen molar-refractivity contribution >= 4 is 15.9 Å². The molecule has 1 aromatic rings. The molecule has 0 spiro atoms. The lowest BCUT2D eigenvalue weighted by Crippen LogP contribution is -2.40. The molecule has 1 N–H and O–H groups in total. The molecular weight excluding hydrogens is 286 g/mol. The van der Waals surface area contributed by atoms with Crippen LogP contribution in [0.25, 0.3) is 0 Å². The summed E-state index contributed by atoms with van der Waals surface area (Å²) >= 11 is 3.49. The first-order valence-corrected chi connectivity index (χ1v) is 7.87. The molecule has 1 aromatic carbocycles. The van der Waals surface area contributed by atoms with Gasteiger partial charge < -0.3 is 5.32 Å². The van der Waals surface area contributed by atoms with Crippen LogP contribution >= 0.6 is 15.9 Å². The Balaban J connectivity index is 1.97. The lowest BCUT2D eigenvalue weighted by molar-refractivity contribution is 0.216. The summed E-state index contributed by atoms with van der Waals surface area (Å²) in [6.07, 6.45) is 4.08. The number of halogens is 1. The Morgan fingerprint density at radius 2 is 1.83 bits per heavy atom.